The quantitative estimate of drug-likeness (QED) is 0.0641. The Hall–Kier alpha value is -3.05. The Balaban J connectivity index is 0. The van der Waals surface area contributed by atoms with Gasteiger partial charge in [0, 0.05) is 48.7 Å². The molecule has 304 valence electrons. The molecule has 12 heteroatoms. The molecule has 0 saturated carbocycles. The van der Waals surface area contributed by atoms with E-state index < -0.39 is 6.29 Å². The molecule has 2 heterocycles. The van der Waals surface area contributed by atoms with Crippen molar-refractivity contribution in [2.24, 2.45) is 5.92 Å². The van der Waals surface area contributed by atoms with Crippen molar-refractivity contribution in [1.29, 1.82) is 0 Å². The molecule has 1 saturated heterocycles. The lowest BCUT2D eigenvalue weighted by molar-refractivity contribution is -0.191. The highest BCUT2D eigenvalue weighted by Crippen LogP contribution is 2.32. The number of carbonyl (C=O) groups excluding carboxylic acids is 1. The van der Waals surface area contributed by atoms with Crippen LogP contribution in [0.25, 0.3) is 0 Å². The number of thiol groups is 1. The Kier molecular flexibility index (Phi) is 28.8. The minimum Gasteiger partial charge on any atom is -0.470 e. The van der Waals surface area contributed by atoms with Crippen molar-refractivity contribution in [3.8, 4) is 18.2 Å². The van der Waals surface area contributed by atoms with E-state index in [1.165, 1.54) is 12.0 Å². The highest BCUT2D eigenvalue weighted by atomic mass is 32.1. The highest BCUT2D eigenvalue weighted by molar-refractivity contribution is 7.81. The van der Waals surface area contributed by atoms with Crippen LogP contribution in [0.15, 0.2) is 47.6 Å². The standard InChI is InChI=1S/C19H32N2O5.C11H11N.C4H11NO2.C4H10S.C3H8/c1-6-23-17(24-7-2)12-25-16-11-15(26-20-16)18(13(3)4)19(22)21-10-8-9-14(21)5;1-3-10-5-7-11(8-6-10)9-12-4-2;1-4(2,3)7-5-6;1-4(2,3)5;1-3-2/h11,13-14,17-18H,6-10,12H2,1-5H3;1,4-8,12H,2,9H2;5-6H,1-3H3;5H,1-3H3;3H2,1-2H3. The maximum Gasteiger partial charge on any atom is 0.254 e. The third kappa shape index (κ3) is 27.2. The van der Waals surface area contributed by atoms with Gasteiger partial charge in [0.2, 0.25) is 5.91 Å². The normalized spacial score (nSPS) is 14.2. The molecule has 1 amide bonds. The highest BCUT2D eigenvalue weighted by Gasteiger charge is 2.36. The molecule has 0 radical (unpaired) electrons. The number of rotatable bonds is 14. The van der Waals surface area contributed by atoms with Gasteiger partial charge in [-0.1, -0.05) is 85.2 Å². The van der Waals surface area contributed by atoms with Gasteiger partial charge in [-0.25, -0.2) is 0 Å². The van der Waals surface area contributed by atoms with Crippen molar-refractivity contribution in [1.82, 2.24) is 21.0 Å². The predicted octanol–water partition coefficient (Wildman–Crippen LogP) is 8.93. The average Bonchev–Trinajstić information content (AvgIpc) is 3.71. The van der Waals surface area contributed by atoms with Gasteiger partial charge in [-0.2, -0.15) is 12.6 Å². The summed E-state index contributed by atoms with van der Waals surface area (Å²) < 4.78 is 22.2. The Bertz CT molecular complexity index is 1240. The number of terminal acetylenes is 1. The lowest BCUT2D eigenvalue weighted by Crippen LogP contribution is -2.38. The lowest BCUT2D eigenvalue weighted by Gasteiger charge is -2.27. The Morgan fingerprint density at radius 1 is 1.13 bits per heavy atom. The van der Waals surface area contributed by atoms with Crippen LogP contribution in [-0.2, 0) is 25.7 Å². The maximum atomic E-state index is 13.0. The maximum absolute atomic E-state index is 13.0. The van der Waals surface area contributed by atoms with Crippen LogP contribution < -0.4 is 15.7 Å². The molecule has 2 atom stereocenters. The van der Waals surface area contributed by atoms with Gasteiger partial charge >= 0.3 is 0 Å². The number of aromatic nitrogens is 1. The second-order valence-electron chi connectivity index (χ2n) is 14.6. The third-order valence-corrected chi connectivity index (χ3v) is 6.58. The number of nitrogens with zero attached hydrogens (tertiary/aromatic N) is 2. The van der Waals surface area contributed by atoms with Crippen LogP contribution >= 0.6 is 12.6 Å². The molecule has 3 N–H and O–H groups in total. The summed E-state index contributed by atoms with van der Waals surface area (Å²) in [5.74, 6) is 3.32. The summed E-state index contributed by atoms with van der Waals surface area (Å²) in [5, 5.41) is 14.9. The second-order valence-corrected chi connectivity index (χ2v) is 15.9. The van der Waals surface area contributed by atoms with E-state index in [2.05, 4.69) is 82.0 Å². The van der Waals surface area contributed by atoms with E-state index in [4.69, 9.17) is 30.4 Å². The molecule has 1 aliphatic rings. The largest absolute Gasteiger partial charge is 0.470 e. The molecule has 2 aromatic rings. The molecule has 3 rings (SSSR count). The van der Waals surface area contributed by atoms with Crippen molar-refractivity contribution >= 4 is 18.5 Å². The minimum absolute atomic E-state index is 0.106. The number of hydrogen-bond donors (Lipinski definition) is 4. The number of benzene rings is 1. The Labute approximate surface area is 327 Å². The number of amides is 1. The molecular formula is C41H72N4O7S. The van der Waals surface area contributed by atoms with Crippen LogP contribution in [0.5, 0.6) is 5.88 Å². The van der Waals surface area contributed by atoms with Crippen molar-refractivity contribution in [3.63, 3.8) is 0 Å². The van der Waals surface area contributed by atoms with Gasteiger partial charge in [0.25, 0.3) is 5.88 Å². The van der Waals surface area contributed by atoms with E-state index in [0.717, 1.165) is 31.5 Å². The molecule has 0 bridgehead atoms. The smallest absolute Gasteiger partial charge is 0.254 e. The number of likely N-dealkylation sites (tertiary alicyclic amines) is 1. The fraction of sp³-hybridized carbons (Fsp3) is 0.659. The number of hydrogen-bond acceptors (Lipinski definition) is 11. The molecule has 11 nitrogen and oxygen atoms in total. The summed E-state index contributed by atoms with van der Waals surface area (Å²) in [6.07, 6.45) is 9.81. The zero-order valence-corrected chi connectivity index (χ0v) is 35.8. The number of nitrogens with one attached hydrogen (secondary N) is 2. The topological polar surface area (TPSA) is 128 Å². The van der Waals surface area contributed by atoms with Gasteiger partial charge in [-0.3, -0.25) is 14.8 Å². The monoisotopic (exact) mass is 765 g/mol. The van der Waals surface area contributed by atoms with Gasteiger partial charge in [-0.05, 0) is 89.4 Å². The second kappa shape index (κ2) is 29.3. The molecule has 53 heavy (non-hydrogen) atoms. The molecule has 1 aliphatic heterocycles. The first-order valence-electron chi connectivity index (χ1n) is 18.6. The van der Waals surface area contributed by atoms with Gasteiger partial charge < -0.3 is 29.0 Å². The molecule has 1 fully saturated rings. The third-order valence-electron chi connectivity index (χ3n) is 6.58. The molecule has 2 unspecified atom stereocenters. The van der Waals surface area contributed by atoms with Crippen molar-refractivity contribution in [2.45, 2.75) is 144 Å². The Morgan fingerprint density at radius 2 is 1.68 bits per heavy atom. The summed E-state index contributed by atoms with van der Waals surface area (Å²) in [7, 11) is 0. The van der Waals surface area contributed by atoms with Crippen LogP contribution in [0, 0.1) is 18.3 Å². The predicted molar refractivity (Wildman–Crippen MR) is 219 cm³/mol. The summed E-state index contributed by atoms with van der Waals surface area (Å²) in [6, 6.07) is 9.86. The van der Waals surface area contributed by atoms with E-state index in [0.29, 0.717) is 24.9 Å². The number of ether oxygens (including phenoxy) is 3. The van der Waals surface area contributed by atoms with E-state index in [1.807, 2.05) is 77.6 Å². The fourth-order valence-corrected chi connectivity index (χ4v) is 4.38. The SMILES string of the molecule is C#Cc1ccc(CNC=C)cc1.CC(C)(C)ONO.CC(C)(C)S.CCC.CCOC(COc1cc(C(C(=O)N2CCCC2C)C(C)C)on1)OCC. The summed E-state index contributed by atoms with van der Waals surface area (Å²) in [6.45, 7) is 32.3. The van der Waals surface area contributed by atoms with E-state index in [1.54, 1.807) is 17.9 Å². The van der Waals surface area contributed by atoms with Gasteiger partial charge in [0.15, 0.2) is 12.1 Å². The summed E-state index contributed by atoms with van der Waals surface area (Å²) in [5.41, 5.74) is 3.41. The van der Waals surface area contributed by atoms with Crippen LogP contribution in [0.1, 0.15) is 132 Å². The number of carbonyl (C=O) groups is 1. The van der Waals surface area contributed by atoms with Crippen LogP contribution in [0.2, 0.25) is 0 Å². The Morgan fingerprint density at radius 3 is 2.06 bits per heavy atom. The molecular weight excluding hydrogens is 693 g/mol. The first-order valence-corrected chi connectivity index (χ1v) is 19.1. The van der Waals surface area contributed by atoms with E-state index in [9.17, 15) is 4.79 Å². The van der Waals surface area contributed by atoms with Crippen LogP contribution in [0.4, 0.5) is 0 Å². The molecule has 1 aromatic heterocycles. The fourth-order valence-electron chi connectivity index (χ4n) is 4.38. The van der Waals surface area contributed by atoms with Gasteiger partial charge in [0.05, 0.1) is 5.60 Å². The minimum atomic E-state index is -0.446. The van der Waals surface area contributed by atoms with E-state index in [-0.39, 0.29) is 40.7 Å². The zero-order valence-electron chi connectivity index (χ0n) is 35.0. The first-order chi connectivity index (χ1) is 24.8. The molecule has 0 aliphatic carbocycles. The zero-order chi connectivity index (χ0) is 41.0. The van der Waals surface area contributed by atoms with Gasteiger partial charge in [0.1, 0.15) is 12.5 Å². The van der Waals surface area contributed by atoms with E-state index >= 15 is 0 Å². The lowest BCUT2D eigenvalue weighted by atomic mass is 9.91. The van der Waals surface area contributed by atoms with Crippen molar-refractivity contribution < 1.29 is 33.6 Å². The van der Waals surface area contributed by atoms with Crippen LogP contribution in [-0.4, -0.2) is 70.2 Å². The summed E-state index contributed by atoms with van der Waals surface area (Å²) in [4.78, 5) is 19.5. The average molecular weight is 765 g/mol. The van der Waals surface area contributed by atoms with Gasteiger partial charge in [-0.15, -0.1) is 6.42 Å². The van der Waals surface area contributed by atoms with Crippen molar-refractivity contribution in [3.05, 3.63) is 60.0 Å². The summed E-state index contributed by atoms with van der Waals surface area (Å²) >= 11 is 4.12. The molecule has 0 spiro atoms. The first kappa shape index (κ1) is 52.1. The molecule has 1 aromatic carbocycles. The van der Waals surface area contributed by atoms with Crippen LogP contribution in [0.3, 0.4) is 0 Å². The van der Waals surface area contributed by atoms with Crippen molar-refractivity contribution in [2.75, 3.05) is 26.4 Å².